The average molecular weight is 188 g/mol. The Bertz CT molecular complexity index is 145. The first kappa shape index (κ1) is 12.4. The maximum absolute atomic E-state index is 10.7. The topological polar surface area (TPSA) is 35.5 Å². The second-order valence-electron chi connectivity index (χ2n) is 3.17. The van der Waals surface area contributed by atoms with Gasteiger partial charge in [0, 0.05) is 20.0 Å². The van der Waals surface area contributed by atoms with Crippen LogP contribution in [-0.2, 0) is 14.3 Å². The first-order valence-corrected chi connectivity index (χ1v) is 4.85. The van der Waals surface area contributed by atoms with E-state index >= 15 is 0 Å². The first-order chi connectivity index (χ1) is 6.15. The molecule has 0 bridgehead atoms. The molecule has 0 N–H and O–H groups in total. The number of hydrogen-bond acceptors (Lipinski definition) is 3. The van der Waals surface area contributed by atoms with Gasteiger partial charge in [-0.15, -0.1) is 0 Å². The lowest BCUT2D eigenvalue weighted by Crippen LogP contribution is -2.27. The molecule has 0 heterocycles. The Balaban J connectivity index is 4.07. The smallest absolute Gasteiger partial charge is 0.304 e. The van der Waals surface area contributed by atoms with E-state index in [0.717, 1.165) is 19.3 Å². The molecule has 3 heteroatoms. The summed E-state index contributed by atoms with van der Waals surface area (Å²) >= 11 is 0. The lowest BCUT2D eigenvalue weighted by Gasteiger charge is -2.23. The Morgan fingerprint density at radius 2 is 2.00 bits per heavy atom. The maximum atomic E-state index is 10.7. The zero-order chi connectivity index (χ0) is 10.3. The molecular weight excluding hydrogens is 168 g/mol. The van der Waals surface area contributed by atoms with Gasteiger partial charge in [0.1, 0.15) is 0 Å². The summed E-state index contributed by atoms with van der Waals surface area (Å²) in [4.78, 5) is 10.7. The van der Waals surface area contributed by atoms with Crippen LogP contribution in [0.3, 0.4) is 0 Å². The molecule has 0 saturated carbocycles. The van der Waals surface area contributed by atoms with E-state index in [1.165, 1.54) is 6.92 Å². The molecule has 0 aromatic rings. The minimum atomic E-state index is -0.373. The van der Waals surface area contributed by atoms with E-state index in [0.29, 0.717) is 5.92 Å². The van der Waals surface area contributed by atoms with E-state index in [-0.39, 0.29) is 12.3 Å². The van der Waals surface area contributed by atoms with Crippen molar-refractivity contribution in [2.75, 3.05) is 7.11 Å². The highest BCUT2D eigenvalue weighted by Crippen LogP contribution is 2.18. The van der Waals surface area contributed by atoms with E-state index in [1.54, 1.807) is 7.11 Å². The Morgan fingerprint density at radius 1 is 1.38 bits per heavy atom. The van der Waals surface area contributed by atoms with Crippen LogP contribution < -0.4 is 0 Å². The van der Waals surface area contributed by atoms with E-state index in [2.05, 4.69) is 13.8 Å². The molecule has 78 valence electrons. The van der Waals surface area contributed by atoms with E-state index < -0.39 is 0 Å². The highest BCUT2D eigenvalue weighted by molar-refractivity contribution is 5.66. The number of carbonyl (C=O) groups excluding carboxylic acids is 1. The van der Waals surface area contributed by atoms with Crippen molar-refractivity contribution in [2.24, 2.45) is 5.92 Å². The molecule has 0 amide bonds. The van der Waals surface area contributed by atoms with Gasteiger partial charge in [-0.1, -0.05) is 20.3 Å². The molecule has 0 aromatic carbocycles. The van der Waals surface area contributed by atoms with Crippen LogP contribution in [0, 0.1) is 5.92 Å². The van der Waals surface area contributed by atoms with Crippen LogP contribution in [0.15, 0.2) is 0 Å². The molecule has 0 aliphatic heterocycles. The van der Waals surface area contributed by atoms with Crippen LogP contribution in [0.5, 0.6) is 0 Å². The van der Waals surface area contributed by atoms with Gasteiger partial charge in [-0.25, -0.2) is 0 Å². The van der Waals surface area contributed by atoms with Gasteiger partial charge in [-0.05, 0) is 12.8 Å². The summed E-state index contributed by atoms with van der Waals surface area (Å²) in [6, 6.07) is 0. The lowest BCUT2D eigenvalue weighted by molar-refractivity contribution is -0.183. The van der Waals surface area contributed by atoms with Gasteiger partial charge in [0.2, 0.25) is 6.29 Å². The lowest BCUT2D eigenvalue weighted by atomic mass is 10.0. The predicted molar refractivity (Wildman–Crippen MR) is 51.3 cm³/mol. The monoisotopic (exact) mass is 188 g/mol. The van der Waals surface area contributed by atoms with Crippen molar-refractivity contribution in [3.8, 4) is 0 Å². The third-order valence-corrected chi connectivity index (χ3v) is 2.08. The van der Waals surface area contributed by atoms with E-state index in [9.17, 15) is 4.79 Å². The highest BCUT2D eigenvalue weighted by atomic mass is 16.7. The second-order valence-corrected chi connectivity index (χ2v) is 3.17. The number of esters is 1. The number of hydrogen-bond donors (Lipinski definition) is 0. The number of ether oxygens (including phenoxy) is 2. The normalized spacial score (nSPS) is 15.1. The fraction of sp³-hybridized carbons (Fsp3) is 0.900. The van der Waals surface area contributed by atoms with Gasteiger partial charge in [-0.2, -0.15) is 0 Å². The Hall–Kier alpha value is -0.570. The SMILES string of the molecule is CCCC(CC)C(OC)OC(C)=O. The maximum Gasteiger partial charge on any atom is 0.304 e. The third-order valence-electron chi connectivity index (χ3n) is 2.08. The van der Waals surface area contributed by atoms with Crippen molar-refractivity contribution in [2.45, 2.75) is 46.3 Å². The van der Waals surface area contributed by atoms with E-state index in [4.69, 9.17) is 9.47 Å². The van der Waals surface area contributed by atoms with Gasteiger partial charge < -0.3 is 9.47 Å². The fourth-order valence-electron chi connectivity index (χ4n) is 1.40. The van der Waals surface area contributed by atoms with Gasteiger partial charge in [0.15, 0.2) is 0 Å². The molecule has 0 aliphatic carbocycles. The van der Waals surface area contributed by atoms with Crippen molar-refractivity contribution < 1.29 is 14.3 Å². The Labute approximate surface area is 80.4 Å². The van der Waals surface area contributed by atoms with Gasteiger partial charge >= 0.3 is 5.97 Å². The molecule has 13 heavy (non-hydrogen) atoms. The average Bonchev–Trinajstić information content (AvgIpc) is 2.10. The molecule has 2 atom stereocenters. The molecule has 0 spiro atoms. The van der Waals surface area contributed by atoms with Crippen molar-refractivity contribution >= 4 is 5.97 Å². The van der Waals surface area contributed by atoms with Crippen LogP contribution in [-0.4, -0.2) is 19.4 Å². The minimum absolute atomic E-state index is 0.276. The predicted octanol–water partition coefficient (Wildman–Crippen LogP) is 2.35. The van der Waals surface area contributed by atoms with Gasteiger partial charge in [0.05, 0.1) is 0 Å². The van der Waals surface area contributed by atoms with Crippen molar-refractivity contribution in [3.05, 3.63) is 0 Å². The zero-order valence-corrected chi connectivity index (χ0v) is 9.00. The fourth-order valence-corrected chi connectivity index (χ4v) is 1.40. The summed E-state index contributed by atoms with van der Waals surface area (Å²) < 4.78 is 10.2. The summed E-state index contributed by atoms with van der Waals surface area (Å²) in [6.45, 7) is 5.60. The largest absolute Gasteiger partial charge is 0.436 e. The summed E-state index contributed by atoms with van der Waals surface area (Å²) in [7, 11) is 1.58. The molecule has 0 fully saturated rings. The second kappa shape index (κ2) is 6.89. The number of rotatable bonds is 6. The van der Waals surface area contributed by atoms with Crippen molar-refractivity contribution in [1.29, 1.82) is 0 Å². The zero-order valence-electron chi connectivity index (χ0n) is 9.00. The molecule has 0 aromatic heterocycles. The van der Waals surface area contributed by atoms with Crippen LogP contribution in [0.1, 0.15) is 40.0 Å². The first-order valence-electron chi connectivity index (χ1n) is 4.85. The van der Waals surface area contributed by atoms with Crippen molar-refractivity contribution in [3.63, 3.8) is 0 Å². The summed E-state index contributed by atoms with van der Waals surface area (Å²) in [6.07, 6.45) is 2.71. The molecule has 0 aliphatic rings. The standard InChI is InChI=1S/C10H20O3/c1-5-7-9(6-2)10(12-4)13-8(3)11/h9-10H,5-7H2,1-4H3. The summed E-state index contributed by atoms with van der Waals surface area (Å²) in [5, 5.41) is 0. The Morgan fingerprint density at radius 3 is 2.31 bits per heavy atom. The minimum Gasteiger partial charge on any atom is -0.436 e. The van der Waals surface area contributed by atoms with Gasteiger partial charge in [-0.3, -0.25) is 4.79 Å². The van der Waals surface area contributed by atoms with Crippen LogP contribution >= 0.6 is 0 Å². The van der Waals surface area contributed by atoms with E-state index in [1.807, 2.05) is 0 Å². The highest BCUT2D eigenvalue weighted by Gasteiger charge is 2.21. The Kier molecular flexibility index (Phi) is 6.59. The molecule has 3 nitrogen and oxygen atoms in total. The molecule has 0 radical (unpaired) electrons. The quantitative estimate of drug-likeness (QED) is 0.474. The van der Waals surface area contributed by atoms with Crippen LogP contribution in [0.25, 0.3) is 0 Å². The molecule has 2 unspecified atom stereocenters. The molecule has 0 saturated heterocycles. The molecular formula is C10H20O3. The third kappa shape index (κ3) is 4.88. The van der Waals surface area contributed by atoms with Crippen molar-refractivity contribution in [1.82, 2.24) is 0 Å². The number of carbonyl (C=O) groups is 1. The summed E-state index contributed by atoms with van der Waals surface area (Å²) in [5.74, 6) is 0.0419. The van der Waals surface area contributed by atoms with Crippen LogP contribution in [0.4, 0.5) is 0 Å². The summed E-state index contributed by atoms with van der Waals surface area (Å²) in [5.41, 5.74) is 0. The van der Waals surface area contributed by atoms with Crippen LogP contribution in [0.2, 0.25) is 0 Å². The van der Waals surface area contributed by atoms with Gasteiger partial charge in [0.25, 0.3) is 0 Å². The molecule has 0 rings (SSSR count). The number of methoxy groups -OCH3 is 1.